The molecule has 0 saturated carbocycles. The number of anilines is 2. The molecule has 1 atom stereocenters. The van der Waals surface area contributed by atoms with Crippen molar-refractivity contribution in [3.8, 4) is 0 Å². The van der Waals surface area contributed by atoms with Gasteiger partial charge in [0, 0.05) is 35.0 Å². The van der Waals surface area contributed by atoms with Gasteiger partial charge in [0.05, 0.1) is 0 Å². The highest BCUT2D eigenvalue weighted by atomic mass is 79.9. The van der Waals surface area contributed by atoms with Crippen LogP contribution in [0.2, 0.25) is 0 Å². The van der Waals surface area contributed by atoms with Crippen LogP contribution in [0, 0.1) is 0 Å². The van der Waals surface area contributed by atoms with Gasteiger partial charge in [-0.25, -0.2) is 0 Å². The van der Waals surface area contributed by atoms with E-state index in [0.717, 1.165) is 4.47 Å². The van der Waals surface area contributed by atoms with Crippen LogP contribution in [-0.4, -0.2) is 13.1 Å². The molecule has 110 valence electrons. The second-order valence-electron chi connectivity index (χ2n) is 5.66. The zero-order chi connectivity index (χ0) is 14.7. The summed E-state index contributed by atoms with van der Waals surface area (Å²) in [5.74, 6) is 0. The number of rotatable bonds is 4. The molecule has 1 heterocycles. The Morgan fingerprint density at radius 3 is 2.48 bits per heavy atom. The third-order valence-corrected chi connectivity index (χ3v) is 4.60. The molecule has 21 heavy (non-hydrogen) atoms. The average molecular weight is 345 g/mol. The van der Waals surface area contributed by atoms with Gasteiger partial charge >= 0.3 is 0 Å². The van der Waals surface area contributed by atoms with Crippen molar-refractivity contribution >= 4 is 27.3 Å². The molecule has 1 saturated heterocycles. The zero-order valence-corrected chi connectivity index (χ0v) is 13.9. The normalized spacial score (nSPS) is 16.0. The first-order valence-electron chi connectivity index (χ1n) is 7.59. The maximum atomic E-state index is 3.60. The molecule has 3 heteroatoms. The molecule has 1 aliphatic rings. The number of benzene rings is 2. The maximum Gasteiger partial charge on any atom is 0.0485 e. The van der Waals surface area contributed by atoms with E-state index < -0.39 is 0 Å². The second-order valence-corrected chi connectivity index (χ2v) is 6.58. The van der Waals surface area contributed by atoms with Gasteiger partial charge < -0.3 is 10.2 Å². The third kappa shape index (κ3) is 3.59. The molecule has 2 aromatic carbocycles. The van der Waals surface area contributed by atoms with Crippen LogP contribution in [0.15, 0.2) is 53.0 Å². The lowest BCUT2D eigenvalue weighted by molar-refractivity contribution is 0.883. The van der Waals surface area contributed by atoms with Crippen LogP contribution in [0.25, 0.3) is 0 Å². The number of nitrogens with zero attached hydrogens (tertiary/aromatic N) is 1. The van der Waals surface area contributed by atoms with Crippen molar-refractivity contribution in [3.63, 3.8) is 0 Å². The Morgan fingerprint density at radius 2 is 1.76 bits per heavy atom. The first-order valence-corrected chi connectivity index (χ1v) is 8.39. The van der Waals surface area contributed by atoms with E-state index in [9.17, 15) is 0 Å². The Kier molecular flexibility index (Phi) is 4.49. The predicted molar refractivity (Wildman–Crippen MR) is 94.1 cm³/mol. The van der Waals surface area contributed by atoms with E-state index in [1.54, 1.807) is 0 Å². The van der Waals surface area contributed by atoms with Crippen LogP contribution in [0.3, 0.4) is 0 Å². The minimum Gasteiger partial charge on any atom is -0.378 e. The summed E-state index contributed by atoms with van der Waals surface area (Å²) in [5, 5.41) is 3.60. The lowest BCUT2D eigenvalue weighted by Crippen LogP contribution is -2.17. The largest absolute Gasteiger partial charge is 0.378 e. The molecule has 1 fully saturated rings. The monoisotopic (exact) mass is 344 g/mol. The SMILES string of the molecule is CC(Nc1cccc(N2CCCC2)c1)c1ccc(Br)cc1. The van der Waals surface area contributed by atoms with Crippen molar-refractivity contribution in [2.75, 3.05) is 23.3 Å². The highest BCUT2D eigenvalue weighted by Crippen LogP contribution is 2.26. The first kappa shape index (κ1) is 14.5. The minimum atomic E-state index is 0.298. The molecular weight excluding hydrogens is 324 g/mol. The van der Waals surface area contributed by atoms with Gasteiger partial charge in [-0.05, 0) is 55.7 Å². The molecule has 0 amide bonds. The van der Waals surface area contributed by atoms with Crippen LogP contribution in [0.5, 0.6) is 0 Å². The summed E-state index contributed by atoms with van der Waals surface area (Å²) in [6.07, 6.45) is 2.62. The summed E-state index contributed by atoms with van der Waals surface area (Å²) < 4.78 is 1.12. The summed E-state index contributed by atoms with van der Waals surface area (Å²) in [7, 11) is 0. The van der Waals surface area contributed by atoms with Crippen molar-refractivity contribution in [2.24, 2.45) is 0 Å². The van der Waals surface area contributed by atoms with Crippen LogP contribution in [0.4, 0.5) is 11.4 Å². The summed E-state index contributed by atoms with van der Waals surface area (Å²) in [6, 6.07) is 17.6. The van der Waals surface area contributed by atoms with Crippen LogP contribution < -0.4 is 10.2 Å². The Labute approximate surface area is 135 Å². The second kappa shape index (κ2) is 6.52. The van der Waals surface area contributed by atoms with Gasteiger partial charge in [0.2, 0.25) is 0 Å². The summed E-state index contributed by atoms with van der Waals surface area (Å²) in [4.78, 5) is 2.47. The quantitative estimate of drug-likeness (QED) is 0.817. The third-order valence-electron chi connectivity index (χ3n) is 4.07. The molecule has 0 radical (unpaired) electrons. The number of hydrogen-bond donors (Lipinski definition) is 1. The van der Waals surface area contributed by atoms with E-state index >= 15 is 0 Å². The molecule has 1 unspecified atom stereocenters. The Morgan fingerprint density at radius 1 is 1.05 bits per heavy atom. The zero-order valence-electron chi connectivity index (χ0n) is 12.3. The Bertz CT molecular complexity index is 588. The van der Waals surface area contributed by atoms with Gasteiger partial charge in [0.15, 0.2) is 0 Å². The summed E-state index contributed by atoms with van der Waals surface area (Å²) >= 11 is 3.48. The molecule has 2 nitrogen and oxygen atoms in total. The van der Waals surface area contributed by atoms with Crippen molar-refractivity contribution in [3.05, 3.63) is 58.6 Å². The van der Waals surface area contributed by atoms with Gasteiger partial charge in [0.1, 0.15) is 0 Å². The van der Waals surface area contributed by atoms with E-state index in [0.29, 0.717) is 6.04 Å². The van der Waals surface area contributed by atoms with E-state index in [1.165, 1.54) is 42.9 Å². The summed E-state index contributed by atoms with van der Waals surface area (Å²) in [5.41, 5.74) is 3.82. The number of nitrogens with one attached hydrogen (secondary N) is 1. The lowest BCUT2D eigenvalue weighted by Gasteiger charge is -2.20. The smallest absolute Gasteiger partial charge is 0.0485 e. The molecule has 2 aromatic rings. The summed E-state index contributed by atoms with van der Waals surface area (Å²) in [6.45, 7) is 4.57. The van der Waals surface area contributed by atoms with Gasteiger partial charge in [-0.1, -0.05) is 34.1 Å². The van der Waals surface area contributed by atoms with E-state index in [-0.39, 0.29) is 0 Å². The van der Waals surface area contributed by atoms with E-state index in [2.05, 4.69) is 81.6 Å². The van der Waals surface area contributed by atoms with Gasteiger partial charge in [-0.3, -0.25) is 0 Å². The van der Waals surface area contributed by atoms with Crippen LogP contribution in [0.1, 0.15) is 31.4 Å². The van der Waals surface area contributed by atoms with Crippen molar-refractivity contribution < 1.29 is 0 Å². The standard InChI is InChI=1S/C18H21BrN2/c1-14(15-7-9-16(19)10-8-15)20-17-5-4-6-18(13-17)21-11-2-3-12-21/h4-10,13-14,20H,2-3,11-12H2,1H3. The van der Waals surface area contributed by atoms with Gasteiger partial charge in [-0.2, -0.15) is 0 Å². The van der Waals surface area contributed by atoms with Crippen molar-refractivity contribution in [1.29, 1.82) is 0 Å². The van der Waals surface area contributed by atoms with Crippen LogP contribution >= 0.6 is 15.9 Å². The molecule has 3 rings (SSSR count). The Balaban J connectivity index is 1.72. The van der Waals surface area contributed by atoms with Gasteiger partial charge in [0.25, 0.3) is 0 Å². The lowest BCUT2D eigenvalue weighted by atomic mass is 10.1. The van der Waals surface area contributed by atoms with Gasteiger partial charge in [-0.15, -0.1) is 0 Å². The predicted octanol–water partition coefficient (Wildman–Crippen LogP) is 5.22. The molecule has 0 spiro atoms. The van der Waals surface area contributed by atoms with Crippen LogP contribution in [-0.2, 0) is 0 Å². The molecular formula is C18H21BrN2. The minimum absolute atomic E-state index is 0.298. The number of hydrogen-bond acceptors (Lipinski definition) is 2. The topological polar surface area (TPSA) is 15.3 Å². The fourth-order valence-corrected chi connectivity index (χ4v) is 3.12. The molecule has 0 bridgehead atoms. The van der Waals surface area contributed by atoms with E-state index in [1.807, 2.05) is 0 Å². The fourth-order valence-electron chi connectivity index (χ4n) is 2.85. The molecule has 1 aliphatic heterocycles. The average Bonchev–Trinajstić information content (AvgIpc) is 3.02. The van der Waals surface area contributed by atoms with Crippen molar-refractivity contribution in [2.45, 2.75) is 25.8 Å². The molecule has 1 N–H and O–H groups in total. The fraction of sp³-hybridized carbons (Fsp3) is 0.333. The number of halogens is 1. The maximum absolute atomic E-state index is 3.60. The molecule has 0 aromatic heterocycles. The Hall–Kier alpha value is -1.48. The highest BCUT2D eigenvalue weighted by Gasteiger charge is 2.13. The highest BCUT2D eigenvalue weighted by molar-refractivity contribution is 9.10. The first-order chi connectivity index (χ1) is 10.2. The van der Waals surface area contributed by atoms with E-state index in [4.69, 9.17) is 0 Å². The van der Waals surface area contributed by atoms with Crippen molar-refractivity contribution in [1.82, 2.24) is 0 Å². The molecule has 0 aliphatic carbocycles.